The van der Waals surface area contributed by atoms with Crippen LogP contribution in [0.25, 0.3) is 10.9 Å². The van der Waals surface area contributed by atoms with Crippen molar-refractivity contribution >= 4 is 34.5 Å². The van der Waals surface area contributed by atoms with Crippen LogP contribution in [-0.2, 0) is 16.1 Å². The molecule has 1 saturated heterocycles. The van der Waals surface area contributed by atoms with Crippen molar-refractivity contribution in [2.75, 3.05) is 18.8 Å². The molecule has 2 heterocycles. The highest BCUT2D eigenvalue weighted by atomic mass is 32.2. The summed E-state index contributed by atoms with van der Waals surface area (Å²) in [4.78, 5) is 26.3. The Hall–Kier alpha value is -1.95. The van der Waals surface area contributed by atoms with Crippen LogP contribution < -0.4 is 5.73 Å². The van der Waals surface area contributed by atoms with Crippen molar-refractivity contribution in [3.8, 4) is 0 Å². The zero-order valence-corrected chi connectivity index (χ0v) is 13.1. The van der Waals surface area contributed by atoms with Crippen LogP contribution >= 0.6 is 11.8 Å². The third kappa shape index (κ3) is 3.11. The molecule has 116 valence electrons. The number of hydrogen-bond donors (Lipinski definition) is 1. The minimum atomic E-state index is -0.338. The molecule has 22 heavy (non-hydrogen) atoms. The van der Waals surface area contributed by atoms with E-state index in [2.05, 4.69) is 0 Å². The van der Waals surface area contributed by atoms with E-state index in [1.54, 1.807) is 0 Å². The number of aromatic nitrogens is 1. The smallest absolute Gasteiger partial charge is 0.242 e. The number of nitrogens with zero attached hydrogens (tertiary/aromatic N) is 2. The first-order valence-corrected chi connectivity index (χ1v) is 8.40. The number of carbonyl (C=O) groups excluding carboxylic acids is 2. The minimum Gasteiger partial charge on any atom is -0.369 e. The Morgan fingerprint density at radius 2 is 1.91 bits per heavy atom. The van der Waals surface area contributed by atoms with E-state index in [0.717, 1.165) is 41.7 Å². The zero-order chi connectivity index (χ0) is 15.5. The van der Waals surface area contributed by atoms with Crippen molar-refractivity contribution in [3.63, 3.8) is 0 Å². The molecule has 1 aromatic heterocycles. The number of fused-ring (bicyclic) bond motifs is 1. The van der Waals surface area contributed by atoms with E-state index in [4.69, 9.17) is 5.73 Å². The summed E-state index contributed by atoms with van der Waals surface area (Å²) in [6.07, 6.45) is 4.14. The second kappa shape index (κ2) is 6.44. The van der Waals surface area contributed by atoms with Gasteiger partial charge in [-0.05, 0) is 18.9 Å². The largest absolute Gasteiger partial charge is 0.369 e. The standard InChI is InChI=1S/C16H19N3O2S/c17-15(20)11-22-14-9-19(13-6-2-1-5-12(13)14)10-16(21)18-7-3-4-8-18/h1-2,5-6,9H,3-4,7-8,10-11H2,(H2,17,20). The summed E-state index contributed by atoms with van der Waals surface area (Å²) in [7, 11) is 0. The van der Waals surface area contributed by atoms with E-state index in [0.29, 0.717) is 6.54 Å². The number of primary amides is 1. The predicted molar refractivity (Wildman–Crippen MR) is 87.7 cm³/mol. The van der Waals surface area contributed by atoms with Crippen LogP contribution in [0, 0.1) is 0 Å². The topological polar surface area (TPSA) is 68.3 Å². The van der Waals surface area contributed by atoms with E-state index in [1.807, 2.05) is 39.9 Å². The summed E-state index contributed by atoms with van der Waals surface area (Å²) in [5.74, 6) is 0.0633. The molecule has 1 aliphatic rings. The van der Waals surface area contributed by atoms with Gasteiger partial charge in [0, 0.05) is 35.1 Å². The summed E-state index contributed by atoms with van der Waals surface area (Å²) in [6, 6.07) is 7.93. The highest BCUT2D eigenvalue weighted by molar-refractivity contribution is 8.00. The number of benzene rings is 1. The molecule has 0 radical (unpaired) electrons. The zero-order valence-electron chi connectivity index (χ0n) is 12.3. The molecule has 6 heteroatoms. The number of nitrogens with two attached hydrogens (primary N) is 1. The fourth-order valence-electron chi connectivity index (χ4n) is 2.82. The molecule has 0 unspecified atom stereocenters. The van der Waals surface area contributed by atoms with Crippen LogP contribution in [0.5, 0.6) is 0 Å². The van der Waals surface area contributed by atoms with Crippen LogP contribution in [0.15, 0.2) is 35.4 Å². The molecule has 2 amide bonds. The Balaban J connectivity index is 1.85. The number of para-hydroxylation sites is 1. The summed E-state index contributed by atoms with van der Waals surface area (Å²) in [5, 5.41) is 1.06. The Kier molecular flexibility index (Phi) is 4.38. The number of likely N-dealkylation sites (tertiary alicyclic amines) is 1. The van der Waals surface area contributed by atoms with Crippen molar-refractivity contribution in [2.45, 2.75) is 24.3 Å². The van der Waals surface area contributed by atoms with Crippen LogP contribution in [0.4, 0.5) is 0 Å². The molecule has 1 aromatic carbocycles. The van der Waals surface area contributed by atoms with E-state index in [-0.39, 0.29) is 17.6 Å². The molecule has 2 N–H and O–H groups in total. The molecule has 0 saturated carbocycles. The van der Waals surface area contributed by atoms with Crippen molar-refractivity contribution in [1.29, 1.82) is 0 Å². The van der Waals surface area contributed by atoms with E-state index in [1.165, 1.54) is 11.8 Å². The van der Waals surface area contributed by atoms with E-state index >= 15 is 0 Å². The van der Waals surface area contributed by atoms with Crippen molar-refractivity contribution in [2.24, 2.45) is 5.73 Å². The van der Waals surface area contributed by atoms with Gasteiger partial charge in [-0.3, -0.25) is 9.59 Å². The average Bonchev–Trinajstić information content (AvgIpc) is 3.14. The van der Waals surface area contributed by atoms with Crippen molar-refractivity contribution in [1.82, 2.24) is 9.47 Å². The number of amides is 2. The second-order valence-corrected chi connectivity index (χ2v) is 6.50. The van der Waals surface area contributed by atoms with Crippen LogP contribution in [0.1, 0.15) is 12.8 Å². The van der Waals surface area contributed by atoms with Gasteiger partial charge in [0.25, 0.3) is 0 Å². The van der Waals surface area contributed by atoms with Crippen LogP contribution in [-0.4, -0.2) is 40.1 Å². The molecule has 3 rings (SSSR count). The molecule has 0 aliphatic carbocycles. The lowest BCUT2D eigenvalue weighted by Crippen LogP contribution is -2.30. The van der Waals surface area contributed by atoms with Gasteiger partial charge in [-0.2, -0.15) is 0 Å². The maximum absolute atomic E-state index is 12.4. The maximum Gasteiger partial charge on any atom is 0.242 e. The highest BCUT2D eigenvalue weighted by Gasteiger charge is 2.19. The quantitative estimate of drug-likeness (QED) is 0.856. The molecule has 0 atom stereocenters. The number of thioether (sulfide) groups is 1. The van der Waals surface area contributed by atoms with Gasteiger partial charge in [-0.15, -0.1) is 11.8 Å². The van der Waals surface area contributed by atoms with E-state index in [9.17, 15) is 9.59 Å². The third-order valence-corrected chi connectivity index (χ3v) is 4.95. The Bertz CT molecular complexity index is 704. The van der Waals surface area contributed by atoms with Gasteiger partial charge in [0.05, 0.1) is 5.75 Å². The summed E-state index contributed by atoms with van der Waals surface area (Å²) in [6.45, 7) is 2.07. The molecular weight excluding hydrogens is 298 g/mol. The minimum absolute atomic E-state index is 0.157. The average molecular weight is 317 g/mol. The maximum atomic E-state index is 12.4. The first-order valence-electron chi connectivity index (χ1n) is 7.42. The molecule has 0 spiro atoms. The number of rotatable bonds is 5. The highest BCUT2D eigenvalue weighted by Crippen LogP contribution is 2.30. The monoisotopic (exact) mass is 317 g/mol. The summed E-state index contributed by atoms with van der Waals surface area (Å²) >= 11 is 1.42. The molecule has 1 aliphatic heterocycles. The van der Waals surface area contributed by atoms with Crippen molar-refractivity contribution < 1.29 is 9.59 Å². The number of hydrogen-bond acceptors (Lipinski definition) is 3. The fraction of sp³-hybridized carbons (Fsp3) is 0.375. The first-order chi connectivity index (χ1) is 10.6. The van der Waals surface area contributed by atoms with Gasteiger partial charge in [0.15, 0.2) is 0 Å². The fourth-order valence-corrected chi connectivity index (χ4v) is 3.65. The van der Waals surface area contributed by atoms with Gasteiger partial charge >= 0.3 is 0 Å². The van der Waals surface area contributed by atoms with Gasteiger partial charge in [-0.25, -0.2) is 0 Å². The van der Waals surface area contributed by atoms with Gasteiger partial charge in [0.2, 0.25) is 11.8 Å². The molecule has 1 fully saturated rings. The second-order valence-electron chi connectivity index (χ2n) is 5.48. The van der Waals surface area contributed by atoms with Gasteiger partial charge in [0.1, 0.15) is 6.54 Å². The number of carbonyl (C=O) groups is 2. The van der Waals surface area contributed by atoms with Gasteiger partial charge in [-0.1, -0.05) is 18.2 Å². The lowest BCUT2D eigenvalue weighted by Gasteiger charge is -2.15. The van der Waals surface area contributed by atoms with E-state index < -0.39 is 0 Å². The Morgan fingerprint density at radius 3 is 2.64 bits per heavy atom. The van der Waals surface area contributed by atoms with Crippen LogP contribution in [0.3, 0.4) is 0 Å². The lowest BCUT2D eigenvalue weighted by atomic mass is 10.2. The SMILES string of the molecule is NC(=O)CSc1cn(CC(=O)N2CCCC2)c2ccccc12. The molecule has 2 aromatic rings. The molecule has 5 nitrogen and oxygen atoms in total. The predicted octanol–water partition coefficient (Wildman–Crippen LogP) is 1.84. The van der Waals surface area contributed by atoms with Crippen LogP contribution in [0.2, 0.25) is 0 Å². The summed E-state index contributed by atoms with van der Waals surface area (Å²) in [5.41, 5.74) is 6.24. The van der Waals surface area contributed by atoms with Crippen molar-refractivity contribution in [3.05, 3.63) is 30.5 Å². The first kappa shape index (κ1) is 15.0. The van der Waals surface area contributed by atoms with Gasteiger partial charge < -0.3 is 15.2 Å². The molecule has 0 bridgehead atoms. The lowest BCUT2D eigenvalue weighted by molar-refractivity contribution is -0.130. The normalized spacial score (nSPS) is 14.6. The Labute approximate surface area is 133 Å². The molecular formula is C16H19N3O2S. The third-order valence-electron chi connectivity index (χ3n) is 3.89. The summed E-state index contributed by atoms with van der Waals surface area (Å²) < 4.78 is 1.97. The Morgan fingerprint density at radius 1 is 1.18 bits per heavy atom.